The van der Waals surface area contributed by atoms with Crippen LogP contribution in [0, 0.1) is 0 Å². The molecule has 1 fully saturated rings. The molecule has 1 unspecified atom stereocenters. The first-order chi connectivity index (χ1) is 8.22. The molecule has 5 heteroatoms. The molecule has 17 heavy (non-hydrogen) atoms. The minimum atomic E-state index is 0.126. The van der Waals surface area contributed by atoms with Crippen molar-refractivity contribution >= 4 is 5.91 Å². The standard InChI is InChI=1S/C12H25N3O2/c1-3-5-14-12(16)4-6-13-9-11-10-15(2)7-8-17-11/h11,13H,3-10H2,1-2H3,(H,14,16). The highest BCUT2D eigenvalue weighted by Gasteiger charge is 2.16. The molecule has 0 bridgehead atoms. The summed E-state index contributed by atoms with van der Waals surface area (Å²) in [6.07, 6.45) is 1.79. The highest BCUT2D eigenvalue weighted by atomic mass is 16.5. The second-order valence-corrected chi connectivity index (χ2v) is 4.56. The van der Waals surface area contributed by atoms with Crippen molar-refractivity contribution in [2.75, 3.05) is 46.4 Å². The van der Waals surface area contributed by atoms with Crippen LogP contribution in [0.4, 0.5) is 0 Å². The van der Waals surface area contributed by atoms with E-state index in [0.717, 1.165) is 45.8 Å². The van der Waals surface area contributed by atoms with E-state index in [9.17, 15) is 4.79 Å². The molecule has 5 nitrogen and oxygen atoms in total. The molecule has 2 N–H and O–H groups in total. The second kappa shape index (κ2) is 8.44. The van der Waals surface area contributed by atoms with Gasteiger partial charge in [-0.2, -0.15) is 0 Å². The van der Waals surface area contributed by atoms with Crippen molar-refractivity contribution in [2.24, 2.45) is 0 Å². The number of ether oxygens (including phenoxy) is 1. The van der Waals surface area contributed by atoms with Crippen LogP contribution >= 0.6 is 0 Å². The monoisotopic (exact) mass is 243 g/mol. The molecule has 1 aliphatic heterocycles. The van der Waals surface area contributed by atoms with Crippen molar-refractivity contribution in [1.29, 1.82) is 0 Å². The van der Waals surface area contributed by atoms with Gasteiger partial charge in [0, 0.05) is 39.1 Å². The molecule has 0 aliphatic carbocycles. The van der Waals surface area contributed by atoms with Crippen molar-refractivity contribution in [1.82, 2.24) is 15.5 Å². The minimum Gasteiger partial charge on any atom is -0.374 e. The molecule has 1 saturated heterocycles. The van der Waals surface area contributed by atoms with Gasteiger partial charge in [-0.05, 0) is 13.5 Å². The number of carbonyl (C=O) groups excluding carboxylic acids is 1. The molecule has 1 heterocycles. The average Bonchev–Trinajstić information content (AvgIpc) is 2.32. The van der Waals surface area contributed by atoms with E-state index in [1.165, 1.54) is 0 Å². The summed E-state index contributed by atoms with van der Waals surface area (Å²) in [6, 6.07) is 0. The Morgan fingerprint density at radius 2 is 2.29 bits per heavy atom. The number of nitrogens with zero attached hydrogens (tertiary/aromatic N) is 1. The third kappa shape index (κ3) is 6.61. The van der Waals surface area contributed by atoms with Gasteiger partial charge < -0.3 is 20.3 Å². The molecule has 1 rings (SSSR count). The smallest absolute Gasteiger partial charge is 0.221 e. The predicted octanol–water partition coefficient (Wildman–Crippen LogP) is -0.177. The molecule has 0 spiro atoms. The van der Waals surface area contributed by atoms with Crippen molar-refractivity contribution in [3.05, 3.63) is 0 Å². The van der Waals surface area contributed by atoms with Gasteiger partial charge >= 0.3 is 0 Å². The van der Waals surface area contributed by atoms with Gasteiger partial charge in [-0.25, -0.2) is 0 Å². The fourth-order valence-electron chi connectivity index (χ4n) is 1.81. The molecular weight excluding hydrogens is 218 g/mol. The number of carbonyl (C=O) groups is 1. The van der Waals surface area contributed by atoms with Gasteiger partial charge in [0.25, 0.3) is 0 Å². The van der Waals surface area contributed by atoms with E-state index in [-0.39, 0.29) is 12.0 Å². The van der Waals surface area contributed by atoms with Gasteiger partial charge in [0.05, 0.1) is 12.7 Å². The van der Waals surface area contributed by atoms with Crippen molar-refractivity contribution in [2.45, 2.75) is 25.9 Å². The second-order valence-electron chi connectivity index (χ2n) is 4.56. The number of hydrogen-bond donors (Lipinski definition) is 2. The Morgan fingerprint density at radius 1 is 1.47 bits per heavy atom. The first-order valence-electron chi connectivity index (χ1n) is 6.50. The van der Waals surface area contributed by atoms with Crippen LogP contribution in [-0.4, -0.2) is 63.3 Å². The number of amides is 1. The SMILES string of the molecule is CCCNC(=O)CCNCC1CN(C)CCO1. The summed E-state index contributed by atoms with van der Waals surface area (Å²) in [4.78, 5) is 13.6. The largest absolute Gasteiger partial charge is 0.374 e. The molecule has 100 valence electrons. The Kier molecular flexibility index (Phi) is 7.16. The lowest BCUT2D eigenvalue weighted by Gasteiger charge is -2.30. The van der Waals surface area contributed by atoms with E-state index < -0.39 is 0 Å². The molecule has 1 atom stereocenters. The Hall–Kier alpha value is -0.650. The predicted molar refractivity (Wildman–Crippen MR) is 68.0 cm³/mol. The molecule has 1 aliphatic rings. The molecule has 1 amide bonds. The van der Waals surface area contributed by atoms with Crippen molar-refractivity contribution in [3.63, 3.8) is 0 Å². The van der Waals surface area contributed by atoms with Gasteiger partial charge in [-0.3, -0.25) is 4.79 Å². The van der Waals surface area contributed by atoms with Crippen LogP contribution < -0.4 is 10.6 Å². The van der Waals surface area contributed by atoms with E-state index in [1.54, 1.807) is 0 Å². The lowest BCUT2D eigenvalue weighted by Crippen LogP contribution is -2.45. The van der Waals surface area contributed by atoms with E-state index >= 15 is 0 Å². The maximum atomic E-state index is 11.3. The normalized spacial score (nSPS) is 21.4. The summed E-state index contributed by atoms with van der Waals surface area (Å²) in [6.45, 7) is 7.15. The zero-order valence-corrected chi connectivity index (χ0v) is 11.0. The van der Waals surface area contributed by atoms with Crippen LogP contribution in [-0.2, 0) is 9.53 Å². The van der Waals surface area contributed by atoms with Crippen LogP contribution in [0.25, 0.3) is 0 Å². The van der Waals surface area contributed by atoms with Crippen LogP contribution in [0.15, 0.2) is 0 Å². The fraction of sp³-hybridized carbons (Fsp3) is 0.917. The topological polar surface area (TPSA) is 53.6 Å². The highest BCUT2D eigenvalue weighted by Crippen LogP contribution is 2.01. The number of likely N-dealkylation sites (N-methyl/N-ethyl adjacent to an activating group) is 1. The maximum Gasteiger partial charge on any atom is 0.221 e. The zero-order valence-electron chi connectivity index (χ0n) is 11.0. The Bertz CT molecular complexity index is 224. The van der Waals surface area contributed by atoms with E-state index in [1.807, 2.05) is 0 Å². The molecule has 0 aromatic heterocycles. The summed E-state index contributed by atoms with van der Waals surface area (Å²) in [7, 11) is 2.10. The summed E-state index contributed by atoms with van der Waals surface area (Å²) in [5.41, 5.74) is 0. The number of rotatable bonds is 7. The molecule has 0 radical (unpaired) electrons. The van der Waals surface area contributed by atoms with Crippen LogP contribution in [0.2, 0.25) is 0 Å². The van der Waals surface area contributed by atoms with Crippen LogP contribution in [0.5, 0.6) is 0 Å². The van der Waals surface area contributed by atoms with Gasteiger partial charge in [0.2, 0.25) is 5.91 Å². The summed E-state index contributed by atoms with van der Waals surface area (Å²) in [5, 5.41) is 6.13. The first-order valence-corrected chi connectivity index (χ1v) is 6.50. The fourth-order valence-corrected chi connectivity index (χ4v) is 1.81. The van der Waals surface area contributed by atoms with Crippen molar-refractivity contribution in [3.8, 4) is 0 Å². The Labute approximate surface area is 104 Å². The molecular formula is C12H25N3O2. The van der Waals surface area contributed by atoms with E-state index in [2.05, 4.69) is 29.5 Å². The first kappa shape index (κ1) is 14.4. The van der Waals surface area contributed by atoms with Crippen LogP contribution in [0.3, 0.4) is 0 Å². The van der Waals surface area contributed by atoms with E-state index in [4.69, 9.17) is 4.74 Å². The zero-order chi connectivity index (χ0) is 12.5. The highest BCUT2D eigenvalue weighted by molar-refractivity contribution is 5.75. The molecule has 0 aromatic rings. The average molecular weight is 243 g/mol. The third-order valence-corrected chi connectivity index (χ3v) is 2.81. The third-order valence-electron chi connectivity index (χ3n) is 2.81. The number of hydrogen-bond acceptors (Lipinski definition) is 4. The van der Waals surface area contributed by atoms with Gasteiger partial charge in [-0.15, -0.1) is 0 Å². The van der Waals surface area contributed by atoms with Gasteiger partial charge in [0.15, 0.2) is 0 Å². The number of morpholine rings is 1. The Morgan fingerprint density at radius 3 is 3.00 bits per heavy atom. The summed E-state index contributed by atoms with van der Waals surface area (Å²) in [5.74, 6) is 0.126. The van der Waals surface area contributed by atoms with Crippen LogP contribution in [0.1, 0.15) is 19.8 Å². The Balaban J connectivity index is 1.98. The van der Waals surface area contributed by atoms with E-state index in [0.29, 0.717) is 6.42 Å². The number of nitrogens with one attached hydrogen (secondary N) is 2. The van der Waals surface area contributed by atoms with Crippen molar-refractivity contribution < 1.29 is 9.53 Å². The van der Waals surface area contributed by atoms with Gasteiger partial charge in [0.1, 0.15) is 0 Å². The summed E-state index contributed by atoms with van der Waals surface area (Å²) >= 11 is 0. The maximum absolute atomic E-state index is 11.3. The molecule has 0 saturated carbocycles. The quantitative estimate of drug-likeness (QED) is 0.609. The minimum absolute atomic E-state index is 0.126. The molecule has 0 aromatic carbocycles. The summed E-state index contributed by atoms with van der Waals surface area (Å²) < 4.78 is 5.62. The lowest BCUT2D eigenvalue weighted by atomic mass is 10.2. The lowest BCUT2D eigenvalue weighted by molar-refractivity contribution is -0.121. The van der Waals surface area contributed by atoms with Gasteiger partial charge in [-0.1, -0.05) is 6.92 Å².